The first-order valence-electron chi connectivity index (χ1n) is 6.30. The summed E-state index contributed by atoms with van der Waals surface area (Å²) < 4.78 is 12.9. The molecule has 0 aromatic carbocycles. The number of carbonyl (C=O) groups excluding carboxylic acids is 1. The molecule has 1 aromatic rings. The van der Waals surface area contributed by atoms with Crippen LogP contribution in [0.2, 0.25) is 0 Å². The van der Waals surface area contributed by atoms with Crippen molar-refractivity contribution in [2.24, 2.45) is 0 Å². The predicted octanol–water partition coefficient (Wildman–Crippen LogP) is 1.43. The average Bonchev–Trinajstić information content (AvgIpc) is 2.89. The van der Waals surface area contributed by atoms with Crippen molar-refractivity contribution in [1.82, 2.24) is 15.2 Å². The number of rotatable bonds is 4. The Labute approximate surface area is 106 Å². The molecule has 1 unspecified atom stereocenters. The molecule has 0 aliphatic carbocycles. The van der Waals surface area contributed by atoms with E-state index in [0.717, 1.165) is 19.2 Å². The van der Waals surface area contributed by atoms with Crippen LogP contribution < -0.4 is 5.32 Å². The highest BCUT2D eigenvalue weighted by molar-refractivity contribution is 5.94. The second-order valence-electron chi connectivity index (χ2n) is 4.67. The number of hydrogen-bond donors (Lipinski definition) is 1. The van der Waals surface area contributed by atoms with Crippen LogP contribution in [0.25, 0.3) is 0 Å². The minimum atomic E-state index is -0.629. The smallest absolute Gasteiger partial charge is 0.251 e. The van der Waals surface area contributed by atoms with Crippen LogP contribution in [0.15, 0.2) is 18.3 Å². The van der Waals surface area contributed by atoms with E-state index >= 15 is 0 Å². The SMILES string of the molecule is CC(CNC(=O)c1ccnc(F)c1)N1CCCC1. The van der Waals surface area contributed by atoms with Crippen molar-refractivity contribution >= 4 is 5.91 Å². The van der Waals surface area contributed by atoms with Gasteiger partial charge in [0.15, 0.2) is 0 Å². The number of carbonyl (C=O) groups is 1. The highest BCUT2D eigenvalue weighted by Gasteiger charge is 2.18. The molecular weight excluding hydrogens is 233 g/mol. The standard InChI is InChI=1S/C13H18FN3O/c1-10(17-6-2-3-7-17)9-16-13(18)11-4-5-15-12(14)8-11/h4-5,8,10H,2-3,6-7,9H2,1H3,(H,16,18). The molecule has 0 spiro atoms. The summed E-state index contributed by atoms with van der Waals surface area (Å²) in [5.74, 6) is -0.877. The molecule has 2 rings (SSSR count). The van der Waals surface area contributed by atoms with Crippen LogP contribution in [0.4, 0.5) is 4.39 Å². The Bertz CT molecular complexity index is 418. The summed E-state index contributed by atoms with van der Waals surface area (Å²) in [5, 5.41) is 2.83. The molecule has 1 N–H and O–H groups in total. The molecule has 18 heavy (non-hydrogen) atoms. The van der Waals surface area contributed by atoms with E-state index in [-0.39, 0.29) is 5.91 Å². The third-order valence-corrected chi connectivity index (χ3v) is 3.31. The number of pyridine rings is 1. The van der Waals surface area contributed by atoms with Crippen molar-refractivity contribution in [1.29, 1.82) is 0 Å². The second-order valence-corrected chi connectivity index (χ2v) is 4.67. The topological polar surface area (TPSA) is 45.2 Å². The van der Waals surface area contributed by atoms with Gasteiger partial charge in [-0.1, -0.05) is 0 Å². The van der Waals surface area contributed by atoms with Gasteiger partial charge in [0, 0.05) is 30.4 Å². The minimum Gasteiger partial charge on any atom is -0.350 e. The highest BCUT2D eigenvalue weighted by Crippen LogP contribution is 2.10. The van der Waals surface area contributed by atoms with E-state index in [9.17, 15) is 9.18 Å². The van der Waals surface area contributed by atoms with Gasteiger partial charge in [0.05, 0.1) is 0 Å². The van der Waals surface area contributed by atoms with Gasteiger partial charge in [-0.25, -0.2) is 4.98 Å². The Kier molecular flexibility index (Phi) is 4.25. The molecular formula is C13H18FN3O. The van der Waals surface area contributed by atoms with Gasteiger partial charge in [0.1, 0.15) is 0 Å². The molecule has 1 atom stereocenters. The molecule has 0 bridgehead atoms. The monoisotopic (exact) mass is 251 g/mol. The van der Waals surface area contributed by atoms with Gasteiger partial charge in [-0.2, -0.15) is 4.39 Å². The molecule has 2 heterocycles. The lowest BCUT2D eigenvalue weighted by Gasteiger charge is -2.23. The molecule has 1 fully saturated rings. The zero-order valence-electron chi connectivity index (χ0n) is 10.5. The maximum absolute atomic E-state index is 12.9. The number of likely N-dealkylation sites (tertiary alicyclic amines) is 1. The van der Waals surface area contributed by atoms with Crippen molar-refractivity contribution in [2.45, 2.75) is 25.8 Å². The van der Waals surface area contributed by atoms with Gasteiger partial charge >= 0.3 is 0 Å². The van der Waals surface area contributed by atoms with E-state index in [1.54, 1.807) is 0 Å². The van der Waals surface area contributed by atoms with Crippen molar-refractivity contribution in [2.75, 3.05) is 19.6 Å². The number of nitrogens with zero attached hydrogens (tertiary/aromatic N) is 2. The quantitative estimate of drug-likeness (QED) is 0.823. The fourth-order valence-electron chi connectivity index (χ4n) is 2.20. The zero-order chi connectivity index (χ0) is 13.0. The summed E-state index contributed by atoms with van der Waals surface area (Å²) in [7, 11) is 0. The van der Waals surface area contributed by atoms with Crippen LogP contribution in [0, 0.1) is 5.95 Å². The van der Waals surface area contributed by atoms with E-state index in [1.165, 1.54) is 25.1 Å². The van der Waals surface area contributed by atoms with Crippen LogP contribution in [0.5, 0.6) is 0 Å². The number of hydrogen-bond acceptors (Lipinski definition) is 3. The Balaban J connectivity index is 1.84. The van der Waals surface area contributed by atoms with Crippen LogP contribution in [-0.2, 0) is 0 Å². The third-order valence-electron chi connectivity index (χ3n) is 3.31. The molecule has 1 amide bonds. The molecule has 1 aliphatic rings. The van der Waals surface area contributed by atoms with Crippen LogP contribution in [0.1, 0.15) is 30.1 Å². The molecule has 4 nitrogen and oxygen atoms in total. The molecule has 5 heteroatoms. The van der Waals surface area contributed by atoms with Crippen LogP contribution >= 0.6 is 0 Å². The third kappa shape index (κ3) is 3.26. The van der Waals surface area contributed by atoms with Gasteiger partial charge in [0.25, 0.3) is 5.91 Å². The second kappa shape index (κ2) is 5.91. The summed E-state index contributed by atoms with van der Waals surface area (Å²) in [6.07, 6.45) is 3.76. The predicted molar refractivity (Wildman–Crippen MR) is 66.8 cm³/mol. The first kappa shape index (κ1) is 13.0. The van der Waals surface area contributed by atoms with Gasteiger partial charge in [-0.15, -0.1) is 0 Å². The maximum Gasteiger partial charge on any atom is 0.251 e. The lowest BCUT2D eigenvalue weighted by atomic mass is 10.2. The largest absolute Gasteiger partial charge is 0.350 e. The highest BCUT2D eigenvalue weighted by atomic mass is 19.1. The van der Waals surface area contributed by atoms with Crippen molar-refractivity contribution in [3.05, 3.63) is 29.8 Å². The Morgan fingerprint density at radius 1 is 1.56 bits per heavy atom. The normalized spacial score (nSPS) is 17.7. The summed E-state index contributed by atoms with van der Waals surface area (Å²) in [4.78, 5) is 17.6. The van der Waals surface area contributed by atoms with Crippen LogP contribution in [-0.4, -0.2) is 41.5 Å². The summed E-state index contributed by atoms with van der Waals surface area (Å²) in [5.41, 5.74) is 0.316. The zero-order valence-corrected chi connectivity index (χ0v) is 10.5. The van der Waals surface area contributed by atoms with E-state index in [0.29, 0.717) is 18.2 Å². The van der Waals surface area contributed by atoms with E-state index in [2.05, 4.69) is 22.1 Å². The van der Waals surface area contributed by atoms with Gasteiger partial charge < -0.3 is 5.32 Å². The van der Waals surface area contributed by atoms with Gasteiger partial charge in [-0.05, 0) is 38.9 Å². The average molecular weight is 251 g/mol. The van der Waals surface area contributed by atoms with Gasteiger partial charge in [-0.3, -0.25) is 9.69 Å². The van der Waals surface area contributed by atoms with E-state index in [1.807, 2.05) is 0 Å². The summed E-state index contributed by atoms with van der Waals surface area (Å²) in [6.45, 7) is 4.88. The summed E-state index contributed by atoms with van der Waals surface area (Å²) in [6, 6.07) is 2.98. The first-order valence-corrected chi connectivity index (χ1v) is 6.30. The minimum absolute atomic E-state index is 0.248. The first-order chi connectivity index (χ1) is 8.66. The van der Waals surface area contributed by atoms with E-state index in [4.69, 9.17) is 0 Å². The number of amides is 1. The Hall–Kier alpha value is -1.49. The summed E-state index contributed by atoms with van der Waals surface area (Å²) >= 11 is 0. The Morgan fingerprint density at radius 2 is 2.28 bits per heavy atom. The molecule has 98 valence electrons. The maximum atomic E-state index is 12.9. The number of nitrogens with one attached hydrogen (secondary N) is 1. The number of halogens is 1. The number of aromatic nitrogens is 1. The fourth-order valence-corrected chi connectivity index (χ4v) is 2.20. The van der Waals surface area contributed by atoms with Gasteiger partial charge in [0.2, 0.25) is 5.95 Å². The molecule has 1 aromatic heterocycles. The van der Waals surface area contributed by atoms with Crippen LogP contribution in [0.3, 0.4) is 0 Å². The molecule has 0 saturated carbocycles. The Morgan fingerprint density at radius 3 is 2.94 bits per heavy atom. The van der Waals surface area contributed by atoms with E-state index < -0.39 is 5.95 Å². The van der Waals surface area contributed by atoms with Crippen molar-refractivity contribution in [3.63, 3.8) is 0 Å². The van der Waals surface area contributed by atoms with Crippen molar-refractivity contribution < 1.29 is 9.18 Å². The lowest BCUT2D eigenvalue weighted by molar-refractivity contribution is 0.0939. The lowest BCUT2D eigenvalue weighted by Crippen LogP contribution is -2.40. The molecule has 1 aliphatic heterocycles. The molecule has 1 saturated heterocycles. The molecule has 0 radical (unpaired) electrons. The van der Waals surface area contributed by atoms with Crippen molar-refractivity contribution in [3.8, 4) is 0 Å². The fraction of sp³-hybridized carbons (Fsp3) is 0.538.